The zero-order chi connectivity index (χ0) is 44.8. The van der Waals surface area contributed by atoms with Gasteiger partial charge in [0.05, 0.1) is 42.7 Å². The van der Waals surface area contributed by atoms with Crippen LogP contribution in [-0.4, -0.2) is 91.2 Å². The summed E-state index contributed by atoms with van der Waals surface area (Å²) in [6.07, 6.45) is 4.35. The van der Waals surface area contributed by atoms with Gasteiger partial charge < -0.3 is 44.0 Å². The van der Waals surface area contributed by atoms with E-state index in [9.17, 15) is 9.59 Å². The zero-order valence-corrected chi connectivity index (χ0v) is 37.1. The van der Waals surface area contributed by atoms with Crippen molar-refractivity contribution in [1.82, 2.24) is 20.2 Å². The highest BCUT2D eigenvalue weighted by Gasteiger charge is 2.46. The molecule has 4 heterocycles. The van der Waals surface area contributed by atoms with Gasteiger partial charge >= 0.3 is 6.09 Å². The van der Waals surface area contributed by atoms with E-state index in [1.165, 1.54) is 23.4 Å². The molecular weight excluding hydrogens is 820 g/mol. The van der Waals surface area contributed by atoms with Crippen molar-refractivity contribution in [3.8, 4) is 0 Å². The number of piperidine rings is 1. The summed E-state index contributed by atoms with van der Waals surface area (Å²) in [6.45, 7) is 10.2. The van der Waals surface area contributed by atoms with E-state index in [1.54, 1.807) is 27.7 Å². The van der Waals surface area contributed by atoms with Gasteiger partial charge in [-0.25, -0.2) is 27.9 Å². The molecule has 3 saturated heterocycles. The van der Waals surface area contributed by atoms with Gasteiger partial charge in [-0.3, -0.25) is 4.79 Å². The maximum Gasteiger partial charge on any atom is 0.410 e. The van der Waals surface area contributed by atoms with Crippen molar-refractivity contribution in [3.63, 3.8) is 0 Å². The zero-order valence-electron chi connectivity index (χ0n) is 37.1. The van der Waals surface area contributed by atoms with Crippen LogP contribution in [0.1, 0.15) is 132 Å². The van der Waals surface area contributed by atoms with Crippen LogP contribution in [0.25, 0.3) is 0 Å². The number of anilines is 1. The fourth-order valence-electron chi connectivity index (χ4n) is 8.09. The van der Waals surface area contributed by atoms with Crippen LogP contribution < -0.4 is 10.6 Å². The fourth-order valence-corrected chi connectivity index (χ4v) is 8.09. The number of nitrogens with one attached hydrogen (secondary N) is 2. The molecule has 6 rings (SSSR count). The van der Waals surface area contributed by atoms with Gasteiger partial charge in [-0.1, -0.05) is 67.8 Å². The maximum atomic E-state index is 16.4. The van der Waals surface area contributed by atoms with Gasteiger partial charge in [0, 0.05) is 57.0 Å². The van der Waals surface area contributed by atoms with Gasteiger partial charge in [0.2, 0.25) is 0 Å². The lowest BCUT2D eigenvalue weighted by Crippen LogP contribution is -2.44. The van der Waals surface area contributed by atoms with E-state index >= 15 is 13.2 Å². The summed E-state index contributed by atoms with van der Waals surface area (Å²) < 4.78 is 83.8. The number of benzene rings is 2. The van der Waals surface area contributed by atoms with E-state index in [1.807, 2.05) is 30.3 Å². The number of amides is 2. The quantitative estimate of drug-likeness (QED) is 0.105. The van der Waals surface area contributed by atoms with Crippen LogP contribution in [0.5, 0.6) is 0 Å². The monoisotopic (exact) mass is 883 g/mol. The number of hydrogen-bond acceptors (Lipinski definition) is 11. The average molecular weight is 884 g/mol. The van der Waals surface area contributed by atoms with Crippen LogP contribution in [0.15, 0.2) is 54.9 Å². The second-order valence-electron chi connectivity index (χ2n) is 17.5. The van der Waals surface area contributed by atoms with E-state index in [2.05, 4.69) is 20.6 Å². The largest absolute Gasteiger partial charge is 0.444 e. The highest BCUT2D eigenvalue weighted by Crippen LogP contribution is 2.44. The first kappa shape index (κ1) is 48.1. The van der Waals surface area contributed by atoms with Gasteiger partial charge in [0.25, 0.3) is 11.8 Å². The molecule has 13 nitrogen and oxygen atoms in total. The third-order valence-electron chi connectivity index (χ3n) is 11.5. The summed E-state index contributed by atoms with van der Waals surface area (Å²) in [5.41, 5.74) is 0.241. The molecular formula is C47H64F3N5O8. The van der Waals surface area contributed by atoms with E-state index in [0.717, 1.165) is 37.3 Å². The van der Waals surface area contributed by atoms with Crippen LogP contribution in [0.2, 0.25) is 0 Å². The van der Waals surface area contributed by atoms with Crippen molar-refractivity contribution in [1.29, 1.82) is 0 Å². The van der Waals surface area contributed by atoms with E-state index in [4.69, 9.17) is 28.4 Å². The first-order valence-corrected chi connectivity index (χ1v) is 22.4. The molecule has 0 aliphatic carbocycles. The Morgan fingerprint density at radius 3 is 2.25 bits per heavy atom. The third-order valence-corrected chi connectivity index (χ3v) is 11.5. The second-order valence-corrected chi connectivity index (χ2v) is 17.5. The lowest BCUT2D eigenvalue weighted by molar-refractivity contribution is -0.135. The molecule has 2 atom stereocenters. The van der Waals surface area contributed by atoms with Gasteiger partial charge in [-0.2, -0.15) is 0 Å². The van der Waals surface area contributed by atoms with Crippen molar-refractivity contribution < 1.29 is 51.2 Å². The number of hydrogen-bond donors (Lipinski definition) is 2. The Morgan fingerprint density at radius 1 is 0.873 bits per heavy atom. The molecule has 0 radical (unpaired) electrons. The topological polar surface area (TPSA) is 143 Å². The number of ether oxygens (including phenoxy) is 6. The Balaban J connectivity index is 1.14. The number of carbonyl (C=O) groups is 2. The summed E-state index contributed by atoms with van der Waals surface area (Å²) in [5.74, 6) is -5.94. The number of unbranched alkanes of at least 4 members (excludes halogenated alkanes) is 4. The average Bonchev–Trinajstić information content (AvgIpc) is 3.80. The molecule has 63 heavy (non-hydrogen) atoms. The number of alkyl halides is 2. The number of halogens is 3. The van der Waals surface area contributed by atoms with Crippen LogP contribution in [0.3, 0.4) is 0 Å². The van der Waals surface area contributed by atoms with Gasteiger partial charge in [0.15, 0.2) is 12.4 Å². The van der Waals surface area contributed by atoms with Crippen LogP contribution in [0, 0.1) is 11.7 Å². The Morgan fingerprint density at radius 2 is 1.56 bits per heavy atom. The van der Waals surface area contributed by atoms with Crippen molar-refractivity contribution in [2.45, 2.75) is 128 Å². The number of aromatic nitrogens is 2. The normalized spacial score (nSPS) is 18.0. The lowest BCUT2D eigenvalue weighted by Gasteiger charge is -2.37. The summed E-state index contributed by atoms with van der Waals surface area (Å²) in [5, 5.41) is 6.32. The van der Waals surface area contributed by atoms with Crippen molar-refractivity contribution in [2.24, 2.45) is 5.92 Å². The molecule has 0 bridgehead atoms. The Bertz CT molecular complexity index is 1900. The SMILES string of the molecule is C[C@@H](Nc1ncnc(C(OCCCCCCCOCc2ccccc2)C(=O)NC2CCOCC2)c1C1OCCO1)c1cccc(C(F)(F)C2CCN(C(=O)OC(C)(C)C)CC2)c1F. The fraction of sp³-hybridized carbons (Fsp3) is 0.617. The highest BCUT2D eigenvalue weighted by atomic mass is 19.3. The molecule has 0 saturated carbocycles. The smallest absolute Gasteiger partial charge is 0.410 e. The highest BCUT2D eigenvalue weighted by molar-refractivity contribution is 5.83. The molecule has 346 valence electrons. The van der Waals surface area contributed by atoms with E-state index < -0.39 is 53.4 Å². The number of nitrogens with zero attached hydrogens (tertiary/aromatic N) is 3. The van der Waals surface area contributed by atoms with Crippen LogP contribution >= 0.6 is 0 Å². The summed E-state index contributed by atoms with van der Waals surface area (Å²) in [4.78, 5) is 37.2. The summed E-state index contributed by atoms with van der Waals surface area (Å²) >= 11 is 0. The lowest BCUT2D eigenvalue weighted by atomic mass is 9.85. The van der Waals surface area contributed by atoms with Crippen molar-refractivity contribution in [3.05, 3.63) is 88.6 Å². The number of carbonyl (C=O) groups excluding carboxylic acids is 2. The molecule has 3 fully saturated rings. The first-order chi connectivity index (χ1) is 30.3. The molecule has 0 spiro atoms. The Hall–Kier alpha value is -4.35. The van der Waals surface area contributed by atoms with E-state index in [0.29, 0.717) is 51.3 Å². The number of likely N-dealkylation sites (tertiary alicyclic amines) is 1. The third kappa shape index (κ3) is 13.6. The van der Waals surface area contributed by atoms with Crippen LogP contribution in [0.4, 0.5) is 23.8 Å². The van der Waals surface area contributed by atoms with Crippen molar-refractivity contribution >= 4 is 17.8 Å². The predicted octanol–water partition coefficient (Wildman–Crippen LogP) is 9.09. The molecule has 3 aliphatic heterocycles. The minimum atomic E-state index is -3.52. The molecule has 3 aliphatic rings. The maximum absolute atomic E-state index is 16.4. The molecule has 2 amide bonds. The number of rotatable bonds is 20. The molecule has 3 aromatic rings. The molecule has 2 N–H and O–H groups in total. The Labute approximate surface area is 369 Å². The summed E-state index contributed by atoms with van der Waals surface area (Å²) in [7, 11) is 0. The first-order valence-electron chi connectivity index (χ1n) is 22.4. The minimum Gasteiger partial charge on any atom is -0.444 e. The van der Waals surface area contributed by atoms with E-state index in [-0.39, 0.29) is 74.8 Å². The standard InChI is InChI=1S/C47H64F3N5O8/c1-32(36-16-13-17-37(39(36)48)47(49,50)34-18-22-55(23-19-34)45(57)63-46(2,3)4)53-42-38(44-61-28-29-62-44)40(51-31-52-42)41(43(56)54-35-20-26-58-27-21-35)60-25-12-7-5-6-11-24-59-30-33-14-9-8-10-15-33/h8-10,13-17,31-32,34-35,41,44H,5-7,11-12,18-30H2,1-4H3,(H,54,56)(H,51,52,53)/t32-,41?/m1/s1. The summed E-state index contributed by atoms with van der Waals surface area (Å²) in [6, 6.07) is 13.1. The molecule has 2 aromatic carbocycles. The molecule has 16 heteroatoms. The molecule has 1 aromatic heterocycles. The predicted molar refractivity (Wildman–Crippen MR) is 229 cm³/mol. The second kappa shape index (κ2) is 23.0. The van der Waals surface area contributed by atoms with Gasteiger partial charge in [0.1, 0.15) is 23.6 Å². The van der Waals surface area contributed by atoms with Crippen molar-refractivity contribution in [2.75, 3.05) is 58.0 Å². The minimum absolute atomic E-state index is 0.00875. The van der Waals surface area contributed by atoms with Crippen LogP contribution in [-0.2, 0) is 45.7 Å². The van der Waals surface area contributed by atoms with Gasteiger partial charge in [-0.05, 0) is 71.8 Å². The van der Waals surface area contributed by atoms with Gasteiger partial charge in [-0.15, -0.1) is 0 Å². The Kier molecular flexibility index (Phi) is 17.6. The molecule has 1 unspecified atom stereocenters.